The van der Waals surface area contributed by atoms with Gasteiger partial charge >= 0.3 is 11.9 Å². The Labute approximate surface area is 440 Å². The fraction of sp³-hybridized carbons (Fsp3) is 0.638. The predicted molar refractivity (Wildman–Crippen MR) is 290 cm³/mol. The first-order valence-electron chi connectivity index (χ1n) is 26.0. The fourth-order valence-electron chi connectivity index (χ4n) is 10.3. The Morgan fingerprint density at radius 3 is 2.12 bits per heavy atom. The van der Waals surface area contributed by atoms with Crippen LogP contribution in [-0.4, -0.2) is 92.8 Å². The van der Waals surface area contributed by atoms with Crippen molar-refractivity contribution in [2.24, 2.45) is 17.3 Å². The summed E-state index contributed by atoms with van der Waals surface area (Å²) in [6, 6.07) is 16.8. The molecule has 0 bridgehead atoms. The summed E-state index contributed by atoms with van der Waals surface area (Å²) < 4.78 is 56.7. The molecule has 400 valence electrons. The summed E-state index contributed by atoms with van der Waals surface area (Å²) in [5.41, 5.74) is 2.24. The van der Waals surface area contributed by atoms with Crippen molar-refractivity contribution in [1.82, 2.24) is 4.98 Å². The van der Waals surface area contributed by atoms with Gasteiger partial charge in [-0.05, 0) is 98.0 Å². The second-order valence-electron chi connectivity index (χ2n) is 22.7. The van der Waals surface area contributed by atoms with E-state index in [2.05, 4.69) is 77.4 Å². The number of allylic oxidation sites excluding steroid dienone is 1. The van der Waals surface area contributed by atoms with Gasteiger partial charge in [0.1, 0.15) is 23.8 Å². The summed E-state index contributed by atoms with van der Waals surface area (Å²) in [6.45, 7) is 30.6. The Bertz CT molecular complexity index is 2220. The molecule has 2 saturated heterocycles. The van der Waals surface area contributed by atoms with Crippen LogP contribution in [0.1, 0.15) is 150 Å². The first kappa shape index (κ1) is 59.2. The number of hydrogen-bond acceptors (Lipinski definition) is 12. The van der Waals surface area contributed by atoms with E-state index in [4.69, 9.17) is 47.0 Å². The third kappa shape index (κ3) is 14.8. The van der Waals surface area contributed by atoms with Gasteiger partial charge in [0.15, 0.2) is 11.5 Å². The van der Waals surface area contributed by atoms with Crippen molar-refractivity contribution in [3.05, 3.63) is 102 Å². The van der Waals surface area contributed by atoms with Crippen LogP contribution in [0.2, 0.25) is 16.6 Å². The SMILES string of the molecule is COc1ccc(CO[C@@H](/C=C(\C)c2coc(CC[C@@H](C)C[C@H](OC)[C@H]3O[C@](C)(C/C=C\C[C@]4(C)O[C@H](C(C)(C)C)OC4=O)[C@@H](Br)[C@@H]3O[Si](C(C)C)(C(C)C)C(C)C)n2)[C@@H](C)COC(=O)c2ccccc2)cc1. The van der Waals surface area contributed by atoms with Crippen LogP contribution in [0.15, 0.2) is 83.5 Å². The quantitative estimate of drug-likeness (QED) is 0.0328. The van der Waals surface area contributed by atoms with Gasteiger partial charge in [-0.25, -0.2) is 14.6 Å². The van der Waals surface area contributed by atoms with Gasteiger partial charge in [-0.15, -0.1) is 0 Å². The average Bonchev–Trinajstić information content (AvgIpc) is 4.01. The highest BCUT2D eigenvalue weighted by molar-refractivity contribution is 9.09. The van der Waals surface area contributed by atoms with Crippen LogP contribution >= 0.6 is 15.9 Å². The smallest absolute Gasteiger partial charge is 0.340 e. The van der Waals surface area contributed by atoms with E-state index in [9.17, 15) is 9.59 Å². The van der Waals surface area contributed by atoms with Crippen LogP contribution in [0.4, 0.5) is 0 Å². The number of oxazole rings is 1. The molecule has 3 aromatic rings. The molecular formula is C58H86BrNO11Si. The lowest BCUT2D eigenvalue weighted by Gasteiger charge is -2.46. The number of halogens is 1. The van der Waals surface area contributed by atoms with Gasteiger partial charge in [-0.3, -0.25) is 0 Å². The molecule has 2 aliphatic heterocycles. The van der Waals surface area contributed by atoms with Crippen LogP contribution < -0.4 is 4.74 Å². The van der Waals surface area contributed by atoms with Crippen molar-refractivity contribution < 1.29 is 51.6 Å². The Morgan fingerprint density at radius 1 is 0.903 bits per heavy atom. The van der Waals surface area contributed by atoms with Crippen LogP contribution in [0, 0.1) is 17.3 Å². The van der Waals surface area contributed by atoms with Gasteiger partial charge in [-0.1, -0.05) is 141 Å². The predicted octanol–water partition coefficient (Wildman–Crippen LogP) is 13.7. The highest BCUT2D eigenvalue weighted by atomic mass is 79.9. The van der Waals surface area contributed by atoms with E-state index in [1.54, 1.807) is 39.5 Å². The normalized spacial score (nSPS) is 24.8. The van der Waals surface area contributed by atoms with Gasteiger partial charge in [0.2, 0.25) is 14.6 Å². The van der Waals surface area contributed by atoms with Crippen LogP contribution in [0.5, 0.6) is 5.75 Å². The average molecular weight is 1080 g/mol. The second kappa shape index (κ2) is 25.7. The summed E-state index contributed by atoms with van der Waals surface area (Å²) in [5, 5.41) is 0. The lowest BCUT2D eigenvalue weighted by atomic mass is 9.91. The molecule has 0 unspecified atom stereocenters. The molecule has 0 radical (unpaired) electrons. The van der Waals surface area contributed by atoms with E-state index in [-0.39, 0.29) is 58.9 Å². The number of esters is 2. The van der Waals surface area contributed by atoms with E-state index >= 15 is 0 Å². The first-order chi connectivity index (χ1) is 33.9. The summed E-state index contributed by atoms with van der Waals surface area (Å²) in [7, 11) is 1.05. The number of carbonyl (C=O) groups excluding carboxylic acids is 2. The molecular weight excluding hydrogens is 995 g/mol. The Balaban J connectivity index is 1.28. The Morgan fingerprint density at radius 2 is 1.54 bits per heavy atom. The number of methoxy groups -OCH3 is 2. The van der Waals surface area contributed by atoms with E-state index in [1.165, 1.54) is 0 Å². The van der Waals surface area contributed by atoms with E-state index < -0.39 is 31.9 Å². The summed E-state index contributed by atoms with van der Waals surface area (Å²) in [5.74, 6) is 0.773. The number of aromatic nitrogens is 1. The van der Waals surface area contributed by atoms with Crippen molar-refractivity contribution in [3.8, 4) is 5.75 Å². The molecule has 14 heteroatoms. The van der Waals surface area contributed by atoms with Crippen LogP contribution in [0.25, 0.3) is 5.57 Å². The van der Waals surface area contributed by atoms with Crippen LogP contribution in [-0.2, 0) is 50.7 Å². The van der Waals surface area contributed by atoms with E-state index in [0.29, 0.717) is 53.9 Å². The lowest BCUT2D eigenvalue weighted by Crippen LogP contribution is -2.55. The Hall–Kier alpha value is -3.63. The van der Waals surface area contributed by atoms with E-state index in [0.717, 1.165) is 35.4 Å². The molecule has 3 heterocycles. The molecule has 5 rings (SSSR count). The number of ether oxygens (including phenoxy) is 7. The molecule has 10 atom stereocenters. The molecule has 12 nitrogen and oxygen atoms in total. The van der Waals surface area contributed by atoms with E-state index in [1.807, 2.05) is 89.2 Å². The van der Waals surface area contributed by atoms with Crippen LogP contribution in [0.3, 0.4) is 0 Å². The van der Waals surface area contributed by atoms with Crippen molar-refractivity contribution in [1.29, 1.82) is 0 Å². The molecule has 0 aliphatic carbocycles. The zero-order chi connectivity index (χ0) is 53.2. The second-order valence-corrected chi connectivity index (χ2v) is 29.1. The largest absolute Gasteiger partial charge is 0.497 e. The highest BCUT2D eigenvalue weighted by Gasteiger charge is 2.58. The molecule has 72 heavy (non-hydrogen) atoms. The molecule has 0 amide bonds. The molecule has 2 aromatic carbocycles. The fourth-order valence-corrected chi connectivity index (χ4v) is 16.7. The zero-order valence-electron chi connectivity index (χ0n) is 46.1. The maximum Gasteiger partial charge on any atom is 0.340 e. The zero-order valence-corrected chi connectivity index (χ0v) is 48.7. The molecule has 2 aliphatic rings. The number of aryl methyl sites for hydroxylation is 1. The summed E-state index contributed by atoms with van der Waals surface area (Å²) in [4.78, 5) is 30.6. The minimum atomic E-state index is -2.37. The number of cyclic esters (lactones) is 1. The monoisotopic (exact) mass is 1080 g/mol. The minimum absolute atomic E-state index is 0.133. The first-order valence-corrected chi connectivity index (χ1v) is 29.1. The number of alkyl halides is 1. The highest BCUT2D eigenvalue weighted by Crippen LogP contribution is 2.50. The number of rotatable bonds is 26. The van der Waals surface area contributed by atoms with Crippen molar-refractivity contribution in [3.63, 3.8) is 0 Å². The number of hydrogen-bond donors (Lipinski definition) is 0. The Kier molecular flexibility index (Phi) is 21.2. The number of benzene rings is 2. The standard InChI is InChI=1S/C58H86BrNO11Si/c1-37(2)72(38(3)4,39(5)6)71-51-50(69-57(13,52(51)59)30-20-21-31-58(14)54(62)68-55(70-58)56(10,11)12)48(64-16)32-40(7)24-29-49-60-46(36-66-49)41(8)33-47(65-35-43-25-27-45(63-15)28-26-43)42(9)34-67-53(61)44-22-18-17-19-23-44/h17-23,25-28,33,36-40,42,47-48,50-52,55H,24,29-32,34-35H2,1-16H3/b21-20-,41-33+/t40-,42+,47+,48+,50-,51-,52+,55-,57-,58+/m1/s1. The third-order valence-corrected chi connectivity index (χ3v) is 22.3. The minimum Gasteiger partial charge on any atom is -0.497 e. The van der Waals surface area contributed by atoms with Gasteiger partial charge in [0.25, 0.3) is 0 Å². The lowest BCUT2D eigenvalue weighted by molar-refractivity contribution is -0.155. The van der Waals surface area contributed by atoms with Gasteiger partial charge in [0, 0.05) is 31.3 Å². The van der Waals surface area contributed by atoms with Crippen molar-refractivity contribution in [2.75, 3.05) is 20.8 Å². The van der Waals surface area contributed by atoms with Gasteiger partial charge < -0.3 is 42.0 Å². The molecule has 1 aromatic heterocycles. The molecule has 0 spiro atoms. The topological polar surface area (TPSA) is 134 Å². The van der Waals surface area contributed by atoms with Crippen molar-refractivity contribution in [2.45, 2.75) is 199 Å². The maximum absolute atomic E-state index is 13.0. The molecule has 0 N–H and O–H groups in total. The number of nitrogens with zero attached hydrogens (tertiary/aromatic N) is 1. The van der Waals surface area contributed by atoms with Crippen molar-refractivity contribution >= 4 is 41.8 Å². The molecule has 0 saturated carbocycles. The van der Waals surface area contributed by atoms with Gasteiger partial charge in [0.05, 0.1) is 54.6 Å². The maximum atomic E-state index is 13.0. The third-order valence-electron chi connectivity index (χ3n) is 14.7. The summed E-state index contributed by atoms with van der Waals surface area (Å²) in [6.07, 6.45) is 9.20. The molecule has 2 fully saturated rings. The number of carbonyl (C=O) groups is 2. The van der Waals surface area contributed by atoms with Gasteiger partial charge in [-0.2, -0.15) is 0 Å². The summed E-state index contributed by atoms with van der Waals surface area (Å²) >= 11 is 4.17.